The van der Waals surface area contributed by atoms with E-state index < -0.39 is 49.1 Å². The highest BCUT2D eigenvalue weighted by molar-refractivity contribution is 5.90. The molecule has 8 nitrogen and oxygen atoms in total. The number of benzene rings is 2. The van der Waals surface area contributed by atoms with Crippen LogP contribution in [-0.4, -0.2) is 74.1 Å². The van der Waals surface area contributed by atoms with Gasteiger partial charge in [0.15, 0.2) is 5.60 Å². The fraction of sp³-hybridized carbons (Fsp3) is 0.350. The fourth-order valence-electron chi connectivity index (χ4n) is 2.80. The molecule has 4 unspecified atom stereocenters. The third-order valence-corrected chi connectivity index (χ3v) is 4.51. The Hall–Kier alpha value is -2.33. The van der Waals surface area contributed by atoms with Crippen molar-refractivity contribution in [3.05, 3.63) is 71.8 Å². The Morgan fingerprint density at radius 3 is 1.68 bits per heavy atom. The monoisotopic (exact) mass is 391 g/mol. The number of hydrogen-bond donors (Lipinski definition) is 7. The Kier molecular flexibility index (Phi) is 7.64. The Morgan fingerprint density at radius 1 is 0.821 bits per heavy atom. The minimum absolute atomic E-state index is 0.310. The van der Waals surface area contributed by atoms with Gasteiger partial charge >= 0.3 is 0 Å². The largest absolute Gasteiger partial charge is 0.394 e. The average Bonchev–Trinajstić information content (AvgIpc) is 2.76. The number of amides is 1. The summed E-state index contributed by atoms with van der Waals surface area (Å²) in [6.45, 7) is -1.31. The van der Waals surface area contributed by atoms with E-state index in [1.807, 2.05) is 0 Å². The van der Waals surface area contributed by atoms with Gasteiger partial charge in [0.2, 0.25) is 0 Å². The summed E-state index contributed by atoms with van der Waals surface area (Å²) >= 11 is 0. The molecule has 7 N–H and O–H groups in total. The van der Waals surface area contributed by atoms with Crippen LogP contribution in [0.1, 0.15) is 11.1 Å². The molecule has 0 aliphatic carbocycles. The van der Waals surface area contributed by atoms with E-state index in [0.29, 0.717) is 11.1 Å². The molecule has 0 spiro atoms. The molecule has 0 aliphatic heterocycles. The number of nitrogens with one attached hydrogen (secondary N) is 1. The molecule has 0 radical (unpaired) electrons. The SMILES string of the molecule is O=C(NCC(O)C(O)C(O)C(O)CO)C(O)(c1ccccc1)c1ccccc1. The molecule has 0 fully saturated rings. The van der Waals surface area contributed by atoms with Crippen molar-refractivity contribution < 1.29 is 35.4 Å². The highest BCUT2D eigenvalue weighted by atomic mass is 16.4. The van der Waals surface area contributed by atoms with Crippen LogP contribution in [0.3, 0.4) is 0 Å². The average molecular weight is 391 g/mol. The molecule has 2 rings (SSSR count). The summed E-state index contributed by atoms with van der Waals surface area (Å²) in [5.41, 5.74) is -1.43. The highest BCUT2D eigenvalue weighted by Crippen LogP contribution is 2.29. The van der Waals surface area contributed by atoms with Gasteiger partial charge in [0.1, 0.15) is 18.3 Å². The van der Waals surface area contributed by atoms with Crippen LogP contribution in [0.15, 0.2) is 60.7 Å². The zero-order chi connectivity index (χ0) is 20.7. The van der Waals surface area contributed by atoms with Crippen molar-refractivity contribution >= 4 is 5.91 Å². The summed E-state index contributed by atoms with van der Waals surface area (Å²) in [6.07, 6.45) is -6.91. The van der Waals surface area contributed by atoms with Gasteiger partial charge in [0.25, 0.3) is 5.91 Å². The summed E-state index contributed by atoms with van der Waals surface area (Å²) in [5.74, 6) is -0.839. The zero-order valence-electron chi connectivity index (χ0n) is 15.1. The van der Waals surface area contributed by atoms with Gasteiger partial charge in [-0.05, 0) is 11.1 Å². The van der Waals surface area contributed by atoms with Gasteiger partial charge in [-0.2, -0.15) is 0 Å². The molecule has 0 aliphatic rings. The van der Waals surface area contributed by atoms with Crippen molar-refractivity contribution in [1.29, 1.82) is 0 Å². The van der Waals surface area contributed by atoms with Gasteiger partial charge in [-0.1, -0.05) is 60.7 Å². The van der Waals surface area contributed by atoms with Crippen molar-refractivity contribution in [2.24, 2.45) is 0 Å². The van der Waals surface area contributed by atoms with Gasteiger partial charge in [0.05, 0.1) is 12.7 Å². The van der Waals surface area contributed by atoms with E-state index in [-0.39, 0.29) is 0 Å². The second kappa shape index (κ2) is 9.74. The summed E-state index contributed by atoms with van der Waals surface area (Å²) < 4.78 is 0. The van der Waals surface area contributed by atoms with Crippen molar-refractivity contribution in [3.63, 3.8) is 0 Å². The van der Waals surface area contributed by atoms with E-state index in [1.54, 1.807) is 60.7 Å². The smallest absolute Gasteiger partial charge is 0.261 e. The molecule has 0 aromatic heterocycles. The zero-order valence-corrected chi connectivity index (χ0v) is 15.1. The molecular formula is C20H25NO7. The molecule has 152 valence electrons. The van der Waals surface area contributed by atoms with Gasteiger partial charge in [-0.15, -0.1) is 0 Å². The first-order valence-electron chi connectivity index (χ1n) is 8.77. The van der Waals surface area contributed by atoms with Crippen molar-refractivity contribution in [2.75, 3.05) is 13.2 Å². The summed E-state index contributed by atoms with van der Waals surface area (Å²) in [5, 5.41) is 61.2. The van der Waals surface area contributed by atoms with Crippen molar-refractivity contribution in [3.8, 4) is 0 Å². The first-order chi connectivity index (χ1) is 13.3. The molecular weight excluding hydrogens is 366 g/mol. The van der Waals surface area contributed by atoms with Crippen LogP contribution in [0.25, 0.3) is 0 Å². The van der Waals surface area contributed by atoms with Gasteiger partial charge in [-0.25, -0.2) is 0 Å². The molecule has 8 heteroatoms. The molecule has 0 heterocycles. The van der Waals surface area contributed by atoms with Crippen LogP contribution >= 0.6 is 0 Å². The lowest BCUT2D eigenvalue weighted by Gasteiger charge is -2.30. The van der Waals surface area contributed by atoms with Crippen LogP contribution in [0, 0.1) is 0 Å². The molecule has 0 saturated carbocycles. The predicted molar refractivity (Wildman–Crippen MR) is 100 cm³/mol. The summed E-state index contributed by atoms with van der Waals surface area (Å²) in [7, 11) is 0. The van der Waals surface area contributed by atoms with E-state index in [9.17, 15) is 30.3 Å². The first-order valence-corrected chi connectivity index (χ1v) is 8.77. The Morgan fingerprint density at radius 2 is 1.25 bits per heavy atom. The van der Waals surface area contributed by atoms with Crippen LogP contribution in [-0.2, 0) is 10.4 Å². The topological polar surface area (TPSA) is 150 Å². The molecule has 28 heavy (non-hydrogen) atoms. The first kappa shape index (κ1) is 22.0. The molecule has 0 bridgehead atoms. The van der Waals surface area contributed by atoms with E-state index in [0.717, 1.165) is 0 Å². The lowest BCUT2D eigenvalue weighted by Crippen LogP contribution is -2.52. The van der Waals surface area contributed by atoms with Gasteiger partial charge in [0, 0.05) is 6.54 Å². The Bertz CT molecular complexity index is 701. The number of aliphatic hydroxyl groups is 6. The Balaban J connectivity index is 2.18. The molecule has 1 amide bonds. The van der Waals surface area contributed by atoms with Gasteiger partial charge in [-0.3, -0.25) is 4.79 Å². The van der Waals surface area contributed by atoms with Crippen LogP contribution in [0.2, 0.25) is 0 Å². The quantitative estimate of drug-likeness (QED) is 0.274. The number of aliphatic hydroxyl groups excluding tert-OH is 5. The van der Waals surface area contributed by atoms with Crippen LogP contribution in [0.4, 0.5) is 0 Å². The standard InChI is InChI=1S/C20H25NO7/c22-12-16(24)18(26)17(25)15(23)11-21-19(27)20(28,13-7-3-1-4-8-13)14-9-5-2-6-10-14/h1-10,15-18,22-26,28H,11-12H2,(H,21,27). The maximum Gasteiger partial charge on any atom is 0.261 e. The highest BCUT2D eigenvalue weighted by Gasteiger charge is 2.40. The van der Waals surface area contributed by atoms with Gasteiger partial charge < -0.3 is 36.0 Å². The third-order valence-electron chi connectivity index (χ3n) is 4.51. The minimum Gasteiger partial charge on any atom is -0.394 e. The molecule has 2 aromatic carbocycles. The van der Waals surface area contributed by atoms with E-state index in [1.165, 1.54) is 0 Å². The van der Waals surface area contributed by atoms with E-state index >= 15 is 0 Å². The number of carbonyl (C=O) groups excluding carboxylic acids is 1. The lowest BCUT2D eigenvalue weighted by molar-refractivity contribution is -0.139. The maximum atomic E-state index is 12.8. The maximum absolute atomic E-state index is 12.8. The molecule has 2 aromatic rings. The molecule has 0 saturated heterocycles. The number of hydrogen-bond acceptors (Lipinski definition) is 7. The summed E-state index contributed by atoms with van der Waals surface area (Å²) in [4.78, 5) is 12.8. The second-order valence-electron chi connectivity index (χ2n) is 6.45. The van der Waals surface area contributed by atoms with E-state index in [4.69, 9.17) is 5.11 Å². The van der Waals surface area contributed by atoms with Crippen molar-refractivity contribution in [1.82, 2.24) is 5.32 Å². The Labute approximate surface area is 162 Å². The van der Waals surface area contributed by atoms with E-state index in [2.05, 4.69) is 5.32 Å². The third kappa shape index (κ3) is 4.74. The number of carbonyl (C=O) groups is 1. The minimum atomic E-state index is -2.05. The normalized spacial score (nSPS) is 16.1. The molecule has 4 atom stereocenters. The fourth-order valence-corrected chi connectivity index (χ4v) is 2.80. The van der Waals surface area contributed by atoms with Crippen LogP contribution in [0.5, 0.6) is 0 Å². The number of rotatable bonds is 9. The van der Waals surface area contributed by atoms with Crippen LogP contribution < -0.4 is 5.32 Å². The lowest BCUT2D eigenvalue weighted by atomic mass is 9.85. The summed E-state index contributed by atoms with van der Waals surface area (Å²) in [6, 6.07) is 16.5. The second-order valence-corrected chi connectivity index (χ2v) is 6.45. The predicted octanol–water partition coefficient (Wildman–Crippen LogP) is -1.53. The van der Waals surface area contributed by atoms with Crippen molar-refractivity contribution in [2.45, 2.75) is 30.0 Å².